The highest BCUT2D eigenvalue weighted by atomic mass is 14.8. The molecule has 0 heterocycles. The average Bonchev–Trinajstić information content (AvgIpc) is 2.21. The lowest BCUT2D eigenvalue weighted by molar-refractivity contribution is 0.440. The molecule has 0 bridgehead atoms. The Balaban J connectivity index is 2.51. The van der Waals surface area contributed by atoms with Gasteiger partial charge in [-0.15, -0.1) is 0 Å². The fraction of sp³-hybridized carbons (Fsp3) is 0.571. The molecule has 15 heavy (non-hydrogen) atoms. The number of hydrogen-bond donors (Lipinski definition) is 1. The van der Waals surface area contributed by atoms with Crippen molar-refractivity contribution in [3.05, 3.63) is 35.4 Å². The minimum absolute atomic E-state index is 0.615. The van der Waals surface area contributed by atoms with Gasteiger partial charge in [-0.05, 0) is 50.8 Å². The van der Waals surface area contributed by atoms with Crippen LogP contribution in [0.15, 0.2) is 24.3 Å². The summed E-state index contributed by atoms with van der Waals surface area (Å²) < 4.78 is 0. The summed E-state index contributed by atoms with van der Waals surface area (Å²) in [6.07, 6.45) is 2.43. The fourth-order valence-electron chi connectivity index (χ4n) is 2.02. The van der Waals surface area contributed by atoms with Crippen molar-refractivity contribution >= 4 is 0 Å². The molecule has 0 radical (unpaired) electrons. The van der Waals surface area contributed by atoms with Crippen molar-refractivity contribution in [2.45, 2.75) is 39.7 Å². The zero-order valence-electron chi connectivity index (χ0n) is 10.4. The highest BCUT2D eigenvalue weighted by molar-refractivity contribution is 5.25. The zero-order valence-corrected chi connectivity index (χ0v) is 10.4. The maximum absolute atomic E-state index is 3.30. The minimum atomic E-state index is 0.615. The van der Waals surface area contributed by atoms with E-state index in [2.05, 4.69) is 50.4 Å². The predicted octanol–water partition coefficient (Wildman–Crippen LogP) is 3.17. The summed E-state index contributed by atoms with van der Waals surface area (Å²) in [5, 5.41) is 3.30. The smallest absolute Gasteiger partial charge is 0.00383 e. The van der Waals surface area contributed by atoms with E-state index >= 15 is 0 Å². The van der Waals surface area contributed by atoms with E-state index in [0.29, 0.717) is 6.04 Å². The van der Waals surface area contributed by atoms with Gasteiger partial charge in [-0.3, -0.25) is 0 Å². The lowest BCUT2D eigenvalue weighted by Gasteiger charge is -2.17. The first kappa shape index (κ1) is 12.3. The second-order valence-electron chi connectivity index (χ2n) is 4.66. The molecular weight excluding hydrogens is 182 g/mol. The minimum Gasteiger partial charge on any atom is -0.317 e. The molecule has 0 saturated carbocycles. The molecule has 0 saturated heterocycles. The third-order valence-electron chi connectivity index (χ3n) is 3.08. The molecule has 1 aromatic carbocycles. The first-order chi connectivity index (χ1) is 7.13. The highest BCUT2D eigenvalue weighted by Gasteiger charge is 2.08. The van der Waals surface area contributed by atoms with E-state index in [1.807, 2.05) is 7.05 Å². The molecule has 1 N–H and O–H groups in total. The average molecular weight is 205 g/mol. The number of benzene rings is 1. The molecule has 2 unspecified atom stereocenters. The largest absolute Gasteiger partial charge is 0.317 e. The van der Waals surface area contributed by atoms with Crippen molar-refractivity contribution in [3.8, 4) is 0 Å². The van der Waals surface area contributed by atoms with Gasteiger partial charge in [0.2, 0.25) is 0 Å². The Morgan fingerprint density at radius 1 is 1.20 bits per heavy atom. The van der Waals surface area contributed by atoms with Crippen LogP contribution >= 0.6 is 0 Å². The van der Waals surface area contributed by atoms with Gasteiger partial charge in [0.25, 0.3) is 0 Å². The molecule has 0 aliphatic carbocycles. The lowest BCUT2D eigenvalue weighted by atomic mass is 9.93. The van der Waals surface area contributed by atoms with Gasteiger partial charge in [0, 0.05) is 6.04 Å². The van der Waals surface area contributed by atoms with Crippen molar-refractivity contribution in [2.75, 3.05) is 7.05 Å². The Labute approximate surface area is 93.9 Å². The lowest BCUT2D eigenvalue weighted by Crippen LogP contribution is -2.24. The van der Waals surface area contributed by atoms with E-state index < -0.39 is 0 Å². The predicted molar refractivity (Wildman–Crippen MR) is 67.2 cm³/mol. The summed E-state index contributed by atoms with van der Waals surface area (Å²) in [4.78, 5) is 0. The quantitative estimate of drug-likeness (QED) is 0.778. The molecule has 1 nitrogen and oxygen atoms in total. The van der Waals surface area contributed by atoms with Crippen LogP contribution in [-0.2, 0) is 6.42 Å². The van der Waals surface area contributed by atoms with Crippen LogP contribution in [0.25, 0.3) is 0 Å². The normalized spacial score (nSPS) is 14.9. The number of nitrogens with one attached hydrogen (secondary N) is 1. The molecule has 1 heteroatoms. The summed E-state index contributed by atoms with van der Waals surface area (Å²) >= 11 is 0. The van der Waals surface area contributed by atoms with E-state index in [9.17, 15) is 0 Å². The zero-order chi connectivity index (χ0) is 11.3. The van der Waals surface area contributed by atoms with Crippen LogP contribution in [0.5, 0.6) is 0 Å². The molecule has 0 amide bonds. The topological polar surface area (TPSA) is 12.0 Å². The van der Waals surface area contributed by atoms with Gasteiger partial charge in [-0.25, -0.2) is 0 Å². The van der Waals surface area contributed by atoms with Crippen LogP contribution in [0.1, 0.15) is 31.4 Å². The van der Waals surface area contributed by atoms with Crippen molar-refractivity contribution < 1.29 is 0 Å². The summed E-state index contributed by atoms with van der Waals surface area (Å²) in [6, 6.07) is 9.31. The Morgan fingerprint density at radius 3 is 2.47 bits per heavy atom. The number of rotatable bonds is 5. The maximum Gasteiger partial charge on any atom is 0.00383 e. The van der Waals surface area contributed by atoms with E-state index in [0.717, 1.165) is 5.92 Å². The Bertz CT molecular complexity index is 293. The summed E-state index contributed by atoms with van der Waals surface area (Å²) in [6.45, 7) is 6.78. The van der Waals surface area contributed by atoms with Crippen LogP contribution in [0, 0.1) is 12.8 Å². The molecule has 0 spiro atoms. The van der Waals surface area contributed by atoms with Gasteiger partial charge in [-0.2, -0.15) is 0 Å². The molecule has 0 fully saturated rings. The second-order valence-corrected chi connectivity index (χ2v) is 4.66. The van der Waals surface area contributed by atoms with Crippen molar-refractivity contribution in [3.63, 3.8) is 0 Å². The molecular formula is C14H23N. The molecule has 0 aliphatic rings. The van der Waals surface area contributed by atoms with Crippen LogP contribution in [0.4, 0.5) is 0 Å². The SMILES string of the molecule is CNC(C)CC(C)Cc1ccccc1C. The van der Waals surface area contributed by atoms with E-state index in [1.54, 1.807) is 0 Å². The van der Waals surface area contributed by atoms with Crippen molar-refractivity contribution in [2.24, 2.45) is 5.92 Å². The van der Waals surface area contributed by atoms with E-state index in [1.165, 1.54) is 24.0 Å². The molecule has 1 rings (SSSR count). The van der Waals surface area contributed by atoms with Crippen molar-refractivity contribution in [1.29, 1.82) is 0 Å². The molecule has 84 valence electrons. The summed E-state index contributed by atoms with van der Waals surface area (Å²) in [7, 11) is 2.03. The third kappa shape index (κ3) is 4.05. The molecule has 0 aromatic heterocycles. The van der Waals surface area contributed by atoms with Crippen LogP contribution < -0.4 is 5.32 Å². The van der Waals surface area contributed by atoms with Gasteiger partial charge in [0.1, 0.15) is 0 Å². The second kappa shape index (κ2) is 5.92. The highest BCUT2D eigenvalue weighted by Crippen LogP contribution is 2.16. The standard InChI is InChI=1S/C14H23N/c1-11(9-13(3)15-4)10-14-8-6-5-7-12(14)2/h5-8,11,13,15H,9-10H2,1-4H3. The third-order valence-corrected chi connectivity index (χ3v) is 3.08. The van der Waals surface area contributed by atoms with Gasteiger partial charge in [-0.1, -0.05) is 31.2 Å². The number of hydrogen-bond acceptors (Lipinski definition) is 1. The first-order valence-electron chi connectivity index (χ1n) is 5.85. The summed E-state index contributed by atoms with van der Waals surface area (Å²) in [5.74, 6) is 0.744. The molecule has 0 aliphatic heterocycles. The first-order valence-corrected chi connectivity index (χ1v) is 5.85. The van der Waals surface area contributed by atoms with E-state index in [-0.39, 0.29) is 0 Å². The Kier molecular flexibility index (Phi) is 4.83. The Hall–Kier alpha value is -0.820. The van der Waals surface area contributed by atoms with Gasteiger partial charge >= 0.3 is 0 Å². The summed E-state index contributed by atoms with van der Waals surface area (Å²) in [5.41, 5.74) is 2.91. The van der Waals surface area contributed by atoms with Gasteiger partial charge in [0.05, 0.1) is 0 Å². The van der Waals surface area contributed by atoms with Crippen LogP contribution in [-0.4, -0.2) is 13.1 Å². The number of aryl methyl sites for hydroxylation is 1. The monoisotopic (exact) mass is 205 g/mol. The molecule has 1 aromatic rings. The van der Waals surface area contributed by atoms with Crippen LogP contribution in [0.3, 0.4) is 0 Å². The fourth-order valence-corrected chi connectivity index (χ4v) is 2.02. The maximum atomic E-state index is 3.30. The van der Waals surface area contributed by atoms with Gasteiger partial charge < -0.3 is 5.32 Å². The Morgan fingerprint density at radius 2 is 1.87 bits per heavy atom. The molecule has 2 atom stereocenters. The van der Waals surface area contributed by atoms with Crippen LogP contribution in [0.2, 0.25) is 0 Å². The van der Waals surface area contributed by atoms with Crippen molar-refractivity contribution in [1.82, 2.24) is 5.32 Å². The van der Waals surface area contributed by atoms with E-state index in [4.69, 9.17) is 0 Å². The van der Waals surface area contributed by atoms with Gasteiger partial charge in [0.15, 0.2) is 0 Å².